The number of hydrogen-bond donors (Lipinski definition) is 3. The predicted octanol–water partition coefficient (Wildman–Crippen LogP) is 1.73. The Balaban J connectivity index is 2.17. The van der Waals surface area contributed by atoms with Crippen LogP contribution in [0.4, 0.5) is 0 Å². The van der Waals surface area contributed by atoms with E-state index < -0.39 is 6.10 Å². The van der Waals surface area contributed by atoms with Gasteiger partial charge < -0.3 is 16.2 Å². The summed E-state index contributed by atoms with van der Waals surface area (Å²) in [5.74, 6) is -0.260. The van der Waals surface area contributed by atoms with Crippen LogP contribution in [0.5, 0.6) is 0 Å². The third kappa shape index (κ3) is 6.14. The van der Waals surface area contributed by atoms with E-state index in [-0.39, 0.29) is 5.91 Å². The van der Waals surface area contributed by atoms with E-state index in [1.54, 1.807) is 0 Å². The van der Waals surface area contributed by atoms with Gasteiger partial charge in [0.2, 0.25) is 5.91 Å². The van der Waals surface area contributed by atoms with E-state index in [0.29, 0.717) is 13.0 Å². The van der Waals surface area contributed by atoms with E-state index in [9.17, 15) is 9.90 Å². The molecule has 0 saturated carbocycles. The third-order valence-electron chi connectivity index (χ3n) is 2.60. The second-order valence-electron chi connectivity index (χ2n) is 4.20. The molecule has 1 atom stereocenters. The van der Waals surface area contributed by atoms with Crippen molar-refractivity contribution in [1.82, 2.24) is 5.32 Å². The Hall–Kier alpha value is -0.910. The number of rotatable bonds is 8. The first-order chi connectivity index (χ1) is 8.59. The number of halogens is 1. The van der Waals surface area contributed by atoms with Gasteiger partial charge in [0.25, 0.3) is 0 Å². The normalized spacial score (nSPS) is 12.3. The Morgan fingerprint density at radius 1 is 1.44 bits per heavy atom. The molecule has 4 nitrogen and oxygen atoms in total. The highest BCUT2D eigenvalue weighted by Gasteiger charge is 2.06. The number of carbonyl (C=O) groups is 1. The monoisotopic (exact) mass is 314 g/mol. The van der Waals surface area contributed by atoms with Crippen LogP contribution in [0, 0.1) is 0 Å². The first-order valence-electron chi connectivity index (χ1n) is 6.02. The molecule has 0 spiro atoms. The summed E-state index contributed by atoms with van der Waals surface area (Å²) in [6, 6.07) is 7.62. The van der Waals surface area contributed by atoms with E-state index in [4.69, 9.17) is 5.73 Å². The van der Waals surface area contributed by atoms with Gasteiger partial charge in [0, 0.05) is 17.4 Å². The summed E-state index contributed by atoms with van der Waals surface area (Å²) in [6.45, 7) is 1.28. The maximum atomic E-state index is 10.5. The number of amides is 1. The molecule has 0 saturated heterocycles. The minimum Gasteiger partial charge on any atom is -0.387 e. The molecule has 1 aromatic carbocycles. The maximum Gasteiger partial charge on any atom is 0.217 e. The quantitative estimate of drug-likeness (QED) is 0.640. The lowest BCUT2D eigenvalue weighted by molar-refractivity contribution is -0.118. The van der Waals surface area contributed by atoms with Gasteiger partial charge in [0.05, 0.1) is 6.10 Å². The molecule has 0 aromatic heterocycles. The summed E-state index contributed by atoms with van der Waals surface area (Å²) in [7, 11) is 0. The maximum absolute atomic E-state index is 10.5. The van der Waals surface area contributed by atoms with Gasteiger partial charge in [-0.25, -0.2) is 0 Å². The minimum absolute atomic E-state index is 0.260. The average Bonchev–Trinajstić information content (AvgIpc) is 2.33. The van der Waals surface area contributed by atoms with E-state index >= 15 is 0 Å². The van der Waals surface area contributed by atoms with Gasteiger partial charge >= 0.3 is 0 Å². The largest absolute Gasteiger partial charge is 0.387 e. The summed E-state index contributed by atoms with van der Waals surface area (Å²) in [4.78, 5) is 10.5. The highest BCUT2D eigenvalue weighted by molar-refractivity contribution is 9.10. The number of aliphatic hydroxyl groups excluding tert-OH is 1. The molecule has 0 fully saturated rings. The molecule has 0 radical (unpaired) electrons. The predicted molar refractivity (Wildman–Crippen MR) is 75.0 cm³/mol. The molecule has 1 unspecified atom stereocenters. The summed E-state index contributed by atoms with van der Waals surface area (Å²) < 4.78 is 0.959. The van der Waals surface area contributed by atoms with Gasteiger partial charge in [0.1, 0.15) is 0 Å². The van der Waals surface area contributed by atoms with Crippen LogP contribution in [0.25, 0.3) is 0 Å². The molecule has 0 aliphatic heterocycles. The number of nitrogens with two attached hydrogens (primary N) is 1. The smallest absolute Gasteiger partial charge is 0.217 e. The molecule has 0 heterocycles. The number of aliphatic hydroxyl groups is 1. The van der Waals surface area contributed by atoms with Gasteiger partial charge in [-0.1, -0.05) is 28.1 Å². The van der Waals surface area contributed by atoms with E-state index in [2.05, 4.69) is 21.2 Å². The molecular weight excluding hydrogens is 296 g/mol. The first-order valence-corrected chi connectivity index (χ1v) is 6.81. The molecule has 1 aromatic rings. The van der Waals surface area contributed by atoms with Crippen LogP contribution >= 0.6 is 15.9 Å². The van der Waals surface area contributed by atoms with Crippen molar-refractivity contribution in [2.24, 2.45) is 5.73 Å². The van der Waals surface area contributed by atoms with Crippen LogP contribution in [0.1, 0.15) is 30.9 Å². The Labute approximate surface area is 116 Å². The fourth-order valence-corrected chi connectivity index (χ4v) is 2.04. The third-order valence-corrected chi connectivity index (χ3v) is 3.09. The Bertz CT molecular complexity index is 385. The molecule has 100 valence electrons. The van der Waals surface area contributed by atoms with Crippen LogP contribution in [0.15, 0.2) is 28.7 Å². The van der Waals surface area contributed by atoms with Crippen molar-refractivity contribution >= 4 is 21.8 Å². The molecule has 18 heavy (non-hydrogen) atoms. The van der Waals surface area contributed by atoms with Gasteiger partial charge in [-0.2, -0.15) is 0 Å². The summed E-state index contributed by atoms with van der Waals surface area (Å²) >= 11 is 3.37. The lowest BCUT2D eigenvalue weighted by Crippen LogP contribution is -2.22. The molecule has 0 aliphatic carbocycles. The Morgan fingerprint density at radius 3 is 2.89 bits per heavy atom. The van der Waals surface area contributed by atoms with Gasteiger partial charge in [0.15, 0.2) is 0 Å². The van der Waals surface area contributed by atoms with Gasteiger partial charge in [-0.3, -0.25) is 4.79 Å². The molecule has 0 aliphatic rings. The number of carbonyl (C=O) groups excluding carboxylic acids is 1. The van der Waals surface area contributed by atoms with E-state index in [1.807, 2.05) is 24.3 Å². The molecule has 1 rings (SSSR count). The number of benzene rings is 1. The van der Waals surface area contributed by atoms with Crippen molar-refractivity contribution in [3.63, 3.8) is 0 Å². The fraction of sp³-hybridized carbons (Fsp3) is 0.462. The highest BCUT2D eigenvalue weighted by Crippen LogP contribution is 2.17. The SMILES string of the molecule is NC(=O)CCCCNCC(O)c1cccc(Br)c1. The van der Waals surface area contributed by atoms with Crippen molar-refractivity contribution < 1.29 is 9.90 Å². The lowest BCUT2D eigenvalue weighted by Gasteiger charge is -2.12. The van der Waals surface area contributed by atoms with Crippen molar-refractivity contribution in [3.05, 3.63) is 34.3 Å². The van der Waals surface area contributed by atoms with Crippen LogP contribution in [-0.4, -0.2) is 24.1 Å². The van der Waals surface area contributed by atoms with Gasteiger partial charge in [-0.05, 0) is 37.1 Å². The summed E-state index contributed by atoms with van der Waals surface area (Å²) in [6.07, 6.45) is 1.58. The van der Waals surface area contributed by atoms with Crippen LogP contribution in [-0.2, 0) is 4.79 Å². The van der Waals surface area contributed by atoms with Crippen LogP contribution in [0.2, 0.25) is 0 Å². The average molecular weight is 315 g/mol. The van der Waals surface area contributed by atoms with Crippen molar-refractivity contribution in [3.8, 4) is 0 Å². The molecule has 0 bridgehead atoms. The number of primary amides is 1. The van der Waals surface area contributed by atoms with Crippen LogP contribution < -0.4 is 11.1 Å². The van der Waals surface area contributed by atoms with E-state index in [1.165, 1.54) is 0 Å². The van der Waals surface area contributed by atoms with Gasteiger partial charge in [-0.15, -0.1) is 0 Å². The van der Waals surface area contributed by atoms with Crippen molar-refractivity contribution in [2.45, 2.75) is 25.4 Å². The molecule has 1 amide bonds. The highest BCUT2D eigenvalue weighted by atomic mass is 79.9. The number of nitrogens with one attached hydrogen (secondary N) is 1. The van der Waals surface area contributed by atoms with Crippen LogP contribution in [0.3, 0.4) is 0 Å². The lowest BCUT2D eigenvalue weighted by atomic mass is 10.1. The number of hydrogen-bond acceptors (Lipinski definition) is 3. The first kappa shape index (κ1) is 15.1. The number of unbranched alkanes of at least 4 members (excludes halogenated alkanes) is 1. The van der Waals surface area contributed by atoms with Crippen molar-refractivity contribution in [2.75, 3.05) is 13.1 Å². The fourth-order valence-electron chi connectivity index (χ4n) is 1.62. The zero-order valence-corrected chi connectivity index (χ0v) is 11.8. The van der Waals surface area contributed by atoms with E-state index in [0.717, 1.165) is 29.4 Å². The zero-order chi connectivity index (χ0) is 13.4. The van der Waals surface area contributed by atoms with Crippen molar-refractivity contribution in [1.29, 1.82) is 0 Å². The topological polar surface area (TPSA) is 75.4 Å². The molecule has 4 N–H and O–H groups in total. The Morgan fingerprint density at radius 2 is 2.22 bits per heavy atom. The standard InChI is InChI=1S/C13H19BrN2O2/c14-11-5-3-4-10(8-11)12(17)9-16-7-2-1-6-13(15)18/h3-5,8,12,16-17H,1-2,6-7,9H2,(H2,15,18). The summed E-state index contributed by atoms with van der Waals surface area (Å²) in [5, 5.41) is 13.1. The molecular formula is C13H19BrN2O2. The Kier molecular flexibility index (Phi) is 6.93. The minimum atomic E-state index is -0.515. The zero-order valence-electron chi connectivity index (χ0n) is 10.2. The molecule has 5 heteroatoms. The second-order valence-corrected chi connectivity index (χ2v) is 5.11. The second kappa shape index (κ2) is 8.24. The summed E-state index contributed by atoms with van der Waals surface area (Å²) in [5.41, 5.74) is 5.93.